The topological polar surface area (TPSA) is 12.0 Å². The third-order valence-corrected chi connectivity index (χ3v) is 2.59. The Morgan fingerprint density at radius 3 is 2.47 bits per heavy atom. The number of nitrogens with one attached hydrogen (secondary N) is 1. The molecular weight excluding hydrogens is 182 g/mol. The third kappa shape index (κ3) is 3.77. The Morgan fingerprint density at radius 2 is 1.93 bits per heavy atom. The highest BCUT2D eigenvalue weighted by Crippen LogP contribution is 2.18. The molecule has 1 heteroatoms. The summed E-state index contributed by atoms with van der Waals surface area (Å²) in [6, 6.07) is 8.56. The van der Waals surface area contributed by atoms with Crippen LogP contribution in [0.15, 0.2) is 24.3 Å². The lowest BCUT2D eigenvalue weighted by atomic mass is 9.98. The smallest absolute Gasteiger partial charge is 0.0577 e. The lowest BCUT2D eigenvalue weighted by Crippen LogP contribution is -2.04. The van der Waals surface area contributed by atoms with Crippen LogP contribution in [0.5, 0.6) is 0 Å². The van der Waals surface area contributed by atoms with Gasteiger partial charge < -0.3 is 5.32 Å². The molecule has 0 radical (unpaired) electrons. The van der Waals surface area contributed by atoms with Gasteiger partial charge in [0.25, 0.3) is 0 Å². The van der Waals surface area contributed by atoms with Crippen LogP contribution in [0.4, 0.5) is 0 Å². The average molecular weight is 201 g/mol. The van der Waals surface area contributed by atoms with Gasteiger partial charge in [0, 0.05) is 5.56 Å². The largest absolute Gasteiger partial charge is 0.309 e. The molecule has 1 aromatic carbocycles. The summed E-state index contributed by atoms with van der Waals surface area (Å²) in [6.07, 6.45) is 1.19. The molecule has 1 rings (SSSR count). The molecule has 0 aliphatic rings. The second-order valence-corrected chi connectivity index (χ2v) is 3.76. The van der Waals surface area contributed by atoms with Crippen LogP contribution < -0.4 is 5.32 Å². The first kappa shape index (κ1) is 11.8. The summed E-state index contributed by atoms with van der Waals surface area (Å²) in [5, 5.41) is 3.00. The molecule has 0 aliphatic carbocycles. The molecule has 0 heterocycles. The van der Waals surface area contributed by atoms with Crippen LogP contribution in [0, 0.1) is 11.8 Å². The van der Waals surface area contributed by atoms with Gasteiger partial charge in [0.15, 0.2) is 0 Å². The molecule has 0 spiro atoms. The maximum Gasteiger partial charge on any atom is 0.0577 e. The van der Waals surface area contributed by atoms with Gasteiger partial charge in [0.05, 0.1) is 6.54 Å². The van der Waals surface area contributed by atoms with E-state index in [2.05, 4.69) is 55.3 Å². The summed E-state index contributed by atoms with van der Waals surface area (Å²) in [4.78, 5) is 0. The Labute approximate surface area is 92.9 Å². The quantitative estimate of drug-likeness (QED) is 0.741. The first-order valence-electron chi connectivity index (χ1n) is 5.51. The van der Waals surface area contributed by atoms with E-state index in [1.807, 2.05) is 7.05 Å². The van der Waals surface area contributed by atoms with Crippen molar-refractivity contribution < 1.29 is 0 Å². The van der Waals surface area contributed by atoms with Gasteiger partial charge in [-0.05, 0) is 37.1 Å². The normalized spacial score (nSPS) is 11.7. The standard InChI is InChI=1S/C14H19N/c1-4-12(2)14-9-7-13(8-10-14)6-5-11-15-3/h7-10,12,15H,4,11H2,1-3H3. The molecule has 1 atom stereocenters. The molecule has 0 saturated heterocycles. The molecule has 0 fully saturated rings. The first-order valence-corrected chi connectivity index (χ1v) is 5.51. The van der Waals surface area contributed by atoms with Crippen molar-refractivity contribution >= 4 is 0 Å². The molecule has 1 aromatic rings. The van der Waals surface area contributed by atoms with Crippen molar-refractivity contribution in [1.82, 2.24) is 5.32 Å². The predicted molar refractivity (Wildman–Crippen MR) is 66.0 cm³/mol. The van der Waals surface area contributed by atoms with Crippen LogP contribution in [0.2, 0.25) is 0 Å². The number of hydrogen-bond donors (Lipinski definition) is 1. The van der Waals surface area contributed by atoms with E-state index < -0.39 is 0 Å². The summed E-state index contributed by atoms with van der Waals surface area (Å²) < 4.78 is 0. The van der Waals surface area contributed by atoms with Crippen molar-refractivity contribution in [3.8, 4) is 11.8 Å². The minimum absolute atomic E-state index is 0.643. The van der Waals surface area contributed by atoms with Gasteiger partial charge in [-0.3, -0.25) is 0 Å². The summed E-state index contributed by atoms with van der Waals surface area (Å²) in [5.74, 6) is 6.81. The van der Waals surface area contributed by atoms with E-state index in [4.69, 9.17) is 0 Å². The van der Waals surface area contributed by atoms with Crippen molar-refractivity contribution in [3.63, 3.8) is 0 Å². The highest BCUT2D eigenvalue weighted by atomic mass is 14.8. The number of benzene rings is 1. The minimum atomic E-state index is 0.643. The Kier molecular flexibility index (Phi) is 4.93. The first-order chi connectivity index (χ1) is 7.27. The van der Waals surface area contributed by atoms with E-state index in [0.29, 0.717) is 5.92 Å². The van der Waals surface area contributed by atoms with Crippen molar-refractivity contribution in [2.24, 2.45) is 0 Å². The molecule has 1 N–H and O–H groups in total. The molecule has 0 bridgehead atoms. The van der Waals surface area contributed by atoms with Gasteiger partial charge in [-0.15, -0.1) is 0 Å². The van der Waals surface area contributed by atoms with Crippen molar-refractivity contribution in [2.45, 2.75) is 26.2 Å². The van der Waals surface area contributed by atoms with Crippen LogP contribution in [-0.4, -0.2) is 13.6 Å². The van der Waals surface area contributed by atoms with Gasteiger partial charge in [-0.25, -0.2) is 0 Å². The van der Waals surface area contributed by atoms with Gasteiger partial charge in [-0.1, -0.05) is 37.8 Å². The highest BCUT2D eigenvalue weighted by molar-refractivity contribution is 5.37. The zero-order chi connectivity index (χ0) is 11.1. The van der Waals surface area contributed by atoms with Crippen LogP contribution in [0.1, 0.15) is 37.3 Å². The molecule has 1 unspecified atom stereocenters. The Hall–Kier alpha value is -1.26. The Balaban J connectivity index is 2.69. The Morgan fingerprint density at radius 1 is 1.27 bits per heavy atom. The summed E-state index contributed by atoms with van der Waals surface area (Å²) >= 11 is 0. The van der Waals surface area contributed by atoms with E-state index >= 15 is 0 Å². The molecule has 15 heavy (non-hydrogen) atoms. The molecule has 0 saturated carbocycles. The van der Waals surface area contributed by atoms with Gasteiger partial charge in [0.1, 0.15) is 0 Å². The lowest BCUT2D eigenvalue weighted by molar-refractivity contribution is 0.733. The van der Waals surface area contributed by atoms with Crippen molar-refractivity contribution in [2.75, 3.05) is 13.6 Å². The number of rotatable bonds is 3. The van der Waals surface area contributed by atoms with Crippen LogP contribution >= 0.6 is 0 Å². The second kappa shape index (κ2) is 6.27. The van der Waals surface area contributed by atoms with E-state index in [1.54, 1.807) is 0 Å². The van der Waals surface area contributed by atoms with Crippen LogP contribution in [-0.2, 0) is 0 Å². The lowest BCUT2D eigenvalue weighted by Gasteiger charge is -2.07. The SMILES string of the molecule is CCC(C)c1ccc(C#CCNC)cc1. The van der Waals surface area contributed by atoms with Gasteiger partial charge >= 0.3 is 0 Å². The fourth-order valence-electron chi connectivity index (χ4n) is 1.37. The highest BCUT2D eigenvalue weighted by Gasteiger charge is 2.00. The number of hydrogen-bond acceptors (Lipinski definition) is 1. The van der Waals surface area contributed by atoms with Crippen LogP contribution in [0.25, 0.3) is 0 Å². The Bertz CT molecular complexity index is 340. The van der Waals surface area contributed by atoms with E-state index in [0.717, 1.165) is 12.1 Å². The molecule has 80 valence electrons. The van der Waals surface area contributed by atoms with E-state index in [-0.39, 0.29) is 0 Å². The van der Waals surface area contributed by atoms with Crippen molar-refractivity contribution in [3.05, 3.63) is 35.4 Å². The zero-order valence-corrected chi connectivity index (χ0v) is 9.80. The monoisotopic (exact) mass is 201 g/mol. The summed E-state index contributed by atoms with van der Waals surface area (Å²) in [6.45, 7) is 5.21. The second-order valence-electron chi connectivity index (χ2n) is 3.76. The molecule has 0 aromatic heterocycles. The molecule has 1 nitrogen and oxygen atoms in total. The fourth-order valence-corrected chi connectivity index (χ4v) is 1.37. The average Bonchev–Trinajstić information content (AvgIpc) is 2.29. The third-order valence-electron chi connectivity index (χ3n) is 2.59. The summed E-state index contributed by atoms with van der Waals surface area (Å²) in [7, 11) is 1.90. The van der Waals surface area contributed by atoms with E-state index in [9.17, 15) is 0 Å². The van der Waals surface area contributed by atoms with E-state index in [1.165, 1.54) is 12.0 Å². The van der Waals surface area contributed by atoms with Crippen molar-refractivity contribution in [1.29, 1.82) is 0 Å². The molecule has 0 amide bonds. The predicted octanol–water partition coefficient (Wildman–Crippen LogP) is 2.77. The fraction of sp³-hybridized carbons (Fsp3) is 0.429. The molecule has 0 aliphatic heterocycles. The van der Waals surface area contributed by atoms with Gasteiger partial charge in [0.2, 0.25) is 0 Å². The maximum atomic E-state index is 3.12. The van der Waals surface area contributed by atoms with Crippen LogP contribution in [0.3, 0.4) is 0 Å². The minimum Gasteiger partial charge on any atom is -0.309 e. The maximum absolute atomic E-state index is 3.12. The molecular formula is C14H19N. The summed E-state index contributed by atoms with van der Waals surface area (Å²) in [5.41, 5.74) is 2.49. The van der Waals surface area contributed by atoms with Gasteiger partial charge in [-0.2, -0.15) is 0 Å². The zero-order valence-electron chi connectivity index (χ0n) is 9.80.